The van der Waals surface area contributed by atoms with Crippen LogP contribution in [-0.4, -0.2) is 4.57 Å². The fourth-order valence-electron chi connectivity index (χ4n) is 10.7. The van der Waals surface area contributed by atoms with E-state index in [1.54, 1.807) is 0 Å². The van der Waals surface area contributed by atoms with Crippen LogP contribution in [0.1, 0.15) is 105 Å². The average Bonchev–Trinajstić information content (AvgIpc) is 3.66. The number of para-hydroxylation sites is 2. The minimum absolute atomic E-state index is 0.0497. The summed E-state index contributed by atoms with van der Waals surface area (Å²) in [5.41, 5.74) is 17.4. The van der Waals surface area contributed by atoms with Gasteiger partial charge in [-0.3, -0.25) is 0 Å². The topological polar surface area (TPSA) is 8.17 Å². The van der Waals surface area contributed by atoms with E-state index in [4.69, 9.17) is 0 Å². The molecule has 0 aliphatic rings. The fraction of sp³-hybridized carbons (Fsp3) is 0.235. The molecule has 0 aliphatic carbocycles. The second-order valence-corrected chi connectivity index (χ2v) is 24.0. The van der Waals surface area contributed by atoms with Crippen LogP contribution in [0.25, 0.3) is 82.1 Å². The minimum atomic E-state index is -0.0497. The summed E-state index contributed by atoms with van der Waals surface area (Å²) in [6.07, 6.45) is 0. The van der Waals surface area contributed by atoms with Crippen molar-refractivity contribution < 1.29 is 0 Å². The number of anilines is 3. The molecule has 11 rings (SSSR count). The summed E-state index contributed by atoms with van der Waals surface area (Å²) in [5, 5.41) is 10.1. The second kappa shape index (κ2) is 16.2. The van der Waals surface area contributed by atoms with Crippen LogP contribution in [0.2, 0.25) is 0 Å². The molecule has 0 atom stereocenters. The molecule has 0 bridgehead atoms. The Morgan fingerprint density at radius 1 is 0.314 bits per heavy atom. The maximum absolute atomic E-state index is 2.52. The molecule has 0 radical (unpaired) electrons. The number of aromatic nitrogens is 1. The molecule has 1 aromatic heterocycles. The first kappa shape index (κ1) is 45.3. The van der Waals surface area contributed by atoms with Gasteiger partial charge in [0.25, 0.3) is 0 Å². The van der Waals surface area contributed by atoms with E-state index in [1.807, 2.05) is 0 Å². The Morgan fingerprint density at radius 3 is 1.21 bits per heavy atom. The maximum Gasteiger partial charge on any atom is 0.0541 e. The van der Waals surface area contributed by atoms with E-state index in [9.17, 15) is 0 Å². The van der Waals surface area contributed by atoms with Gasteiger partial charge in [0, 0.05) is 32.9 Å². The summed E-state index contributed by atoms with van der Waals surface area (Å²) in [6.45, 7) is 27.9. The molecule has 348 valence electrons. The number of nitrogens with zero attached hydrogens (tertiary/aromatic N) is 2. The minimum Gasteiger partial charge on any atom is -0.310 e. The summed E-state index contributed by atoms with van der Waals surface area (Å²) in [5.74, 6) is 0. The van der Waals surface area contributed by atoms with Crippen LogP contribution < -0.4 is 4.90 Å². The number of fused-ring (bicyclic) bond motifs is 3. The molecule has 2 heteroatoms. The monoisotopic (exact) mass is 911 g/mol. The first-order chi connectivity index (χ1) is 33.2. The zero-order valence-corrected chi connectivity index (χ0v) is 43.2. The SMILES string of the molecule is CC(C)(C)c1cc(-c2ccc(-c3ccc(N(c4cc(C(C)(C)C)cc(C(C)(C)C)c4)c4ccc5ccc6c(-n7c8ccccc8c8ccccc87)ccc7ccc4c5c76)cc3)cc2)cc(C(C)(C)C)c1. The first-order valence-electron chi connectivity index (χ1n) is 25.2. The molecular formula is C68H66N2. The van der Waals surface area contributed by atoms with E-state index in [0.717, 1.165) is 5.69 Å². The van der Waals surface area contributed by atoms with Crippen molar-refractivity contribution in [3.63, 3.8) is 0 Å². The third-order valence-corrected chi connectivity index (χ3v) is 14.9. The van der Waals surface area contributed by atoms with E-state index in [0.29, 0.717) is 0 Å². The summed E-state index contributed by atoms with van der Waals surface area (Å²) >= 11 is 0. The van der Waals surface area contributed by atoms with Gasteiger partial charge in [-0.2, -0.15) is 0 Å². The van der Waals surface area contributed by atoms with E-state index < -0.39 is 0 Å². The van der Waals surface area contributed by atoms with Crippen molar-refractivity contribution in [1.82, 2.24) is 4.57 Å². The molecule has 0 aliphatic heterocycles. The zero-order chi connectivity index (χ0) is 49.1. The Morgan fingerprint density at radius 2 is 0.714 bits per heavy atom. The molecule has 0 saturated carbocycles. The van der Waals surface area contributed by atoms with Gasteiger partial charge in [-0.15, -0.1) is 0 Å². The number of hydrogen-bond acceptors (Lipinski definition) is 1. The lowest BCUT2D eigenvalue weighted by Crippen LogP contribution is -2.19. The van der Waals surface area contributed by atoms with Gasteiger partial charge in [0.2, 0.25) is 0 Å². The van der Waals surface area contributed by atoms with Gasteiger partial charge in [0.1, 0.15) is 0 Å². The largest absolute Gasteiger partial charge is 0.310 e. The molecule has 1 heterocycles. The summed E-state index contributed by atoms with van der Waals surface area (Å²) in [7, 11) is 0. The van der Waals surface area contributed by atoms with Crippen LogP contribution in [0.5, 0.6) is 0 Å². The number of hydrogen-bond donors (Lipinski definition) is 0. The molecular weight excluding hydrogens is 845 g/mol. The number of benzene rings is 10. The predicted molar refractivity (Wildman–Crippen MR) is 305 cm³/mol. The van der Waals surface area contributed by atoms with E-state index in [2.05, 4.69) is 275 Å². The van der Waals surface area contributed by atoms with Crippen LogP contribution >= 0.6 is 0 Å². The van der Waals surface area contributed by atoms with Crippen LogP contribution in [-0.2, 0) is 21.7 Å². The Balaban J connectivity index is 1.07. The van der Waals surface area contributed by atoms with Crippen molar-refractivity contribution in [3.05, 3.63) is 204 Å². The molecule has 11 aromatic rings. The quantitative estimate of drug-likeness (QED) is 0.151. The highest BCUT2D eigenvalue weighted by atomic mass is 15.1. The van der Waals surface area contributed by atoms with Gasteiger partial charge >= 0.3 is 0 Å². The van der Waals surface area contributed by atoms with E-state index >= 15 is 0 Å². The Kier molecular flexibility index (Phi) is 10.5. The molecule has 0 unspecified atom stereocenters. The van der Waals surface area contributed by atoms with Gasteiger partial charge < -0.3 is 9.47 Å². The summed E-state index contributed by atoms with van der Waals surface area (Å²) < 4.78 is 2.47. The Bertz CT molecular complexity index is 3660. The normalized spacial score (nSPS) is 12.9. The second-order valence-electron chi connectivity index (χ2n) is 24.0. The van der Waals surface area contributed by atoms with E-state index in [1.165, 1.54) is 116 Å². The highest BCUT2D eigenvalue weighted by molar-refractivity contribution is 6.27. The lowest BCUT2D eigenvalue weighted by molar-refractivity contribution is 0.568. The molecule has 0 fully saturated rings. The lowest BCUT2D eigenvalue weighted by Gasteiger charge is -2.32. The highest BCUT2D eigenvalue weighted by Gasteiger charge is 2.26. The predicted octanol–water partition coefficient (Wildman–Crippen LogP) is 19.7. The molecule has 0 spiro atoms. The Labute approximate surface area is 415 Å². The molecule has 10 aromatic carbocycles. The maximum atomic E-state index is 2.52. The standard InChI is InChI=1S/C68H66N2/c1-65(2,3)49-37-48(38-50(39-49)66(4,5)6)45-23-21-43(22-24-45)44-25-31-53(32-26-44)69(54-41-51(67(7,8)9)40-52(42-54)68(10,11)12)61-35-29-46-28-34-58-62(36-30-47-27-33-57(61)63(46)64(47)58)70-59-19-15-13-17-55(59)56-18-14-16-20-60(56)70/h13-42H,1-12H3. The van der Waals surface area contributed by atoms with Crippen LogP contribution in [0.15, 0.2) is 182 Å². The third-order valence-electron chi connectivity index (χ3n) is 14.9. The highest BCUT2D eigenvalue weighted by Crippen LogP contribution is 2.47. The third kappa shape index (κ3) is 7.83. The van der Waals surface area contributed by atoms with Crippen molar-refractivity contribution in [2.24, 2.45) is 0 Å². The summed E-state index contributed by atoms with van der Waals surface area (Å²) in [6, 6.07) is 69.3. The van der Waals surface area contributed by atoms with Gasteiger partial charge in [-0.25, -0.2) is 0 Å². The van der Waals surface area contributed by atoms with Crippen LogP contribution in [0.3, 0.4) is 0 Å². The van der Waals surface area contributed by atoms with Crippen molar-refractivity contribution in [1.29, 1.82) is 0 Å². The van der Waals surface area contributed by atoms with Crippen molar-refractivity contribution >= 4 is 71.2 Å². The summed E-state index contributed by atoms with van der Waals surface area (Å²) in [4.78, 5) is 2.52. The average molecular weight is 911 g/mol. The molecule has 0 amide bonds. The Hall–Kier alpha value is -7.16. The van der Waals surface area contributed by atoms with Gasteiger partial charge in [0.05, 0.1) is 22.4 Å². The smallest absolute Gasteiger partial charge is 0.0541 e. The molecule has 70 heavy (non-hydrogen) atoms. The van der Waals surface area contributed by atoms with E-state index in [-0.39, 0.29) is 21.7 Å². The molecule has 2 nitrogen and oxygen atoms in total. The lowest BCUT2D eigenvalue weighted by atomic mass is 9.79. The number of rotatable bonds is 6. The van der Waals surface area contributed by atoms with Crippen molar-refractivity contribution in [2.45, 2.75) is 105 Å². The molecule has 0 N–H and O–H groups in total. The fourth-order valence-corrected chi connectivity index (χ4v) is 10.7. The van der Waals surface area contributed by atoms with Gasteiger partial charge in [-0.05, 0) is 136 Å². The van der Waals surface area contributed by atoms with Crippen molar-refractivity contribution in [3.8, 4) is 27.9 Å². The first-order valence-corrected chi connectivity index (χ1v) is 25.2. The molecule has 0 saturated heterocycles. The van der Waals surface area contributed by atoms with Gasteiger partial charge in [-0.1, -0.05) is 217 Å². The van der Waals surface area contributed by atoms with Crippen LogP contribution in [0.4, 0.5) is 17.1 Å². The van der Waals surface area contributed by atoms with Crippen molar-refractivity contribution in [2.75, 3.05) is 4.90 Å². The van der Waals surface area contributed by atoms with Gasteiger partial charge in [0.15, 0.2) is 0 Å². The van der Waals surface area contributed by atoms with Crippen LogP contribution in [0, 0.1) is 0 Å². The zero-order valence-electron chi connectivity index (χ0n) is 43.2.